The Kier molecular flexibility index (Phi) is 2.43. The van der Waals surface area contributed by atoms with Gasteiger partial charge < -0.3 is 9.47 Å². The Morgan fingerprint density at radius 1 is 0.929 bits per heavy atom. The molecule has 2 aliphatic rings. The van der Waals surface area contributed by atoms with Crippen LogP contribution in [0.4, 0.5) is 0 Å². The lowest BCUT2D eigenvalue weighted by Crippen LogP contribution is -2.29. The SMILES string of the molecule is N=[N+]=N[C@H]1CO[C@H]2[C@@H]1OC[C@@H]2N=[N+]=N. The van der Waals surface area contributed by atoms with Gasteiger partial charge in [-0.25, -0.2) is 0 Å². The molecule has 2 fully saturated rings. The summed E-state index contributed by atoms with van der Waals surface area (Å²) in [5.74, 6) is 0. The van der Waals surface area contributed by atoms with Gasteiger partial charge in [0.15, 0.2) is 12.1 Å². The average Bonchev–Trinajstić information content (AvgIpc) is 2.72. The fourth-order valence-electron chi connectivity index (χ4n) is 1.81. The van der Waals surface area contributed by atoms with Gasteiger partial charge in [-0.3, -0.25) is 0 Å². The zero-order valence-electron chi connectivity index (χ0n) is 7.33. The van der Waals surface area contributed by atoms with E-state index in [0.717, 1.165) is 0 Å². The molecular weight excluding hydrogens is 188 g/mol. The Bertz CT molecular complexity index is 288. The molecule has 74 valence electrons. The molecule has 0 spiro atoms. The Morgan fingerprint density at radius 2 is 1.36 bits per heavy atom. The molecule has 0 aliphatic carbocycles. The predicted octanol–water partition coefficient (Wildman–Crippen LogP) is -0.378. The van der Waals surface area contributed by atoms with Crippen LogP contribution in [0.3, 0.4) is 0 Å². The molecule has 0 bridgehead atoms. The number of nitrogens with one attached hydrogen (secondary N) is 2. The summed E-state index contributed by atoms with van der Waals surface area (Å²) in [6.07, 6.45) is -0.390. The molecule has 4 atom stereocenters. The van der Waals surface area contributed by atoms with Crippen LogP contribution in [-0.2, 0) is 9.47 Å². The highest BCUT2D eigenvalue weighted by Gasteiger charge is 2.52. The zero-order chi connectivity index (χ0) is 9.97. The molecule has 2 aliphatic heterocycles. The van der Waals surface area contributed by atoms with E-state index in [9.17, 15) is 0 Å². The van der Waals surface area contributed by atoms with E-state index in [2.05, 4.69) is 20.1 Å². The second kappa shape index (κ2) is 3.73. The van der Waals surface area contributed by atoms with Gasteiger partial charge in [-0.15, -0.1) is 0 Å². The third-order valence-corrected chi connectivity index (χ3v) is 2.41. The first kappa shape index (κ1) is 9.11. The summed E-state index contributed by atoms with van der Waals surface area (Å²) >= 11 is 0. The zero-order valence-corrected chi connectivity index (χ0v) is 7.33. The van der Waals surface area contributed by atoms with Gasteiger partial charge in [0.1, 0.15) is 33.5 Å². The molecular formula is C6H10N6O2+2. The van der Waals surface area contributed by atoms with Crippen molar-refractivity contribution >= 4 is 0 Å². The monoisotopic (exact) mass is 198 g/mol. The molecule has 0 radical (unpaired) electrons. The van der Waals surface area contributed by atoms with E-state index in [4.69, 9.17) is 20.5 Å². The van der Waals surface area contributed by atoms with Crippen LogP contribution in [0, 0.1) is 11.1 Å². The summed E-state index contributed by atoms with van der Waals surface area (Å²) in [6, 6.07) is -0.438. The Labute approximate surface area is 79.0 Å². The molecule has 2 rings (SSSR count). The minimum atomic E-state index is -0.219. The van der Waals surface area contributed by atoms with Crippen LogP contribution in [0.25, 0.3) is 0 Å². The van der Waals surface area contributed by atoms with Crippen molar-refractivity contribution in [3.8, 4) is 0 Å². The predicted molar refractivity (Wildman–Crippen MR) is 41.6 cm³/mol. The third kappa shape index (κ3) is 1.36. The maximum Gasteiger partial charge on any atom is 0.214 e. The lowest BCUT2D eigenvalue weighted by Gasteiger charge is -2.05. The molecule has 2 N–H and O–H groups in total. The van der Waals surface area contributed by atoms with Crippen LogP contribution in [-0.4, -0.2) is 37.5 Å². The summed E-state index contributed by atoms with van der Waals surface area (Å²) in [4.78, 5) is 5.95. The highest BCUT2D eigenvalue weighted by Crippen LogP contribution is 2.29. The first-order valence-corrected chi connectivity index (χ1v) is 4.23. The van der Waals surface area contributed by atoms with Gasteiger partial charge in [0.2, 0.25) is 9.82 Å². The summed E-state index contributed by atoms with van der Waals surface area (Å²) in [5, 5.41) is 7.37. The van der Waals surface area contributed by atoms with Crippen molar-refractivity contribution in [2.45, 2.75) is 24.3 Å². The van der Waals surface area contributed by atoms with Crippen molar-refractivity contribution in [1.29, 1.82) is 11.1 Å². The lowest BCUT2D eigenvalue weighted by atomic mass is 10.1. The lowest BCUT2D eigenvalue weighted by molar-refractivity contribution is 0.0686. The molecule has 8 heteroatoms. The number of nitrogens with zero attached hydrogens (tertiary/aromatic N) is 4. The van der Waals surface area contributed by atoms with E-state index in [-0.39, 0.29) is 24.3 Å². The minimum absolute atomic E-state index is 0.195. The van der Waals surface area contributed by atoms with Crippen LogP contribution in [0.2, 0.25) is 0 Å². The van der Waals surface area contributed by atoms with E-state index in [0.29, 0.717) is 13.2 Å². The van der Waals surface area contributed by atoms with Crippen molar-refractivity contribution < 1.29 is 9.47 Å². The molecule has 0 aromatic heterocycles. The van der Waals surface area contributed by atoms with Crippen LogP contribution >= 0.6 is 0 Å². The second-order valence-electron chi connectivity index (χ2n) is 3.16. The first-order valence-electron chi connectivity index (χ1n) is 4.23. The van der Waals surface area contributed by atoms with Gasteiger partial charge >= 0.3 is 0 Å². The average molecular weight is 198 g/mol. The van der Waals surface area contributed by atoms with E-state index in [1.165, 1.54) is 0 Å². The molecule has 0 aromatic rings. The van der Waals surface area contributed by atoms with Crippen molar-refractivity contribution in [2.24, 2.45) is 10.2 Å². The molecule has 2 heterocycles. The molecule has 8 nitrogen and oxygen atoms in total. The standard InChI is InChI=1S/C6H10N6O2/c7-11-9-3-1-13-6-4(10-12-8)2-14-5(3)6/h3-8H,1-2H2/q+2/t3-,4-,5+,6+/m0/s1. The summed E-state index contributed by atoms with van der Waals surface area (Å²) in [6.45, 7) is 0.781. The van der Waals surface area contributed by atoms with Gasteiger partial charge in [0, 0.05) is 0 Å². The normalized spacial score (nSPS) is 39.7. The fraction of sp³-hybridized carbons (Fsp3) is 1.00. The largest absolute Gasteiger partial charge is 0.370 e. The maximum absolute atomic E-state index is 6.63. The van der Waals surface area contributed by atoms with E-state index in [1.54, 1.807) is 0 Å². The second-order valence-corrected chi connectivity index (χ2v) is 3.16. The van der Waals surface area contributed by atoms with Crippen molar-refractivity contribution in [1.82, 2.24) is 9.82 Å². The maximum atomic E-state index is 6.63. The highest BCUT2D eigenvalue weighted by molar-refractivity contribution is 4.99. The van der Waals surface area contributed by atoms with Gasteiger partial charge in [0.25, 0.3) is 0 Å². The van der Waals surface area contributed by atoms with Crippen LogP contribution in [0.1, 0.15) is 0 Å². The van der Waals surface area contributed by atoms with Crippen LogP contribution in [0.5, 0.6) is 0 Å². The van der Waals surface area contributed by atoms with Gasteiger partial charge in [-0.2, -0.15) is 0 Å². The van der Waals surface area contributed by atoms with Gasteiger partial charge in [-0.05, 0) is 0 Å². The Morgan fingerprint density at radius 3 is 1.71 bits per heavy atom. The number of ether oxygens (including phenoxy) is 2. The van der Waals surface area contributed by atoms with Crippen molar-refractivity contribution in [2.75, 3.05) is 13.2 Å². The summed E-state index contributed by atoms with van der Waals surface area (Å²) in [7, 11) is 0. The topological polar surface area (TPSA) is 119 Å². The first-order chi connectivity index (χ1) is 6.86. The van der Waals surface area contributed by atoms with Gasteiger partial charge in [0.05, 0.1) is 13.2 Å². The molecule has 0 amide bonds. The Balaban J connectivity index is 2.11. The van der Waals surface area contributed by atoms with Crippen LogP contribution < -0.4 is 9.82 Å². The molecule has 0 aromatic carbocycles. The number of fused-ring (bicyclic) bond motifs is 1. The quantitative estimate of drug-likeness (QED) is 0.464. The third-order valence-electron chi connectivity index (χ3n) is 2.41. The fourth-order valence-corrected chi connectivity index (χ4v) is 1.81. The number of rotatable bonds is 2. The number of hydrogen-bond acceptors (Lipinski definition) is 6. The minimum Gasteiger partial charge on any atom is -0.370 e. The van der Waals surface area contributed by atoms with Crippen LogP contribution in [0.15, 0.2) is 10.2 Å². The van der Waals surface area contributed by atoms with E-state index < -0.39 is 0 Å². The molecule has 14 heavy (non-hydrogen) atoms. The van der Waals surface area contributed by atoms with Gasteiger partial charge in [-0.1, -0.05) is 0 Å². The molecule has 2 saturated heterocycles. The van der Waals surface area contributed by atoms with Crippen molar-refractivity contribution in [3.05, 3.63) is 0 Å². The highest BCUT2D eigenvalue weighted by atomic mass is 16.6. The van der Waals surface area contributed by atoms with Crippen molar-refractivity contribution in [3.63, 3.8) is 0 Å². The molecule has 0 unspecified atom stereocenters. The Hall–Kier alpha value is -1.46. The molecule has 0 saturated carbocycles. The summed E-state index contributed by atoms with van der Waals surface area (Å²) in [5.41, 5.74) is 13.3. The van der Waals surface area contributed by atoms with E-state index in [1.807, 2.05) is 0 Å². The number of hydrogen-bond donors (Lipinski definition) is 2. The van der Waals surface area contributed by atoms with E-state index >= 15 is 0 Å². The summed E-state index contributed by atoms with van der Waals surface area (Å²) < 4.78 is 10.8. The smallest absolute Gasteiger partial charge is 0.214 e.